The van der Waals surface area contributed by atoms with E-state index in [0.717, 1.165) is 11.3 Å². The molecule has 2 rings (SSSR count). The molecule has 7 heteroatoms. The Labute approximate surface area is 152 Å². The highest BCUT2D eigenvalue weighted by Gasteiger charge is 2.18. The molecule has 0 fully saturated rings. The van der Waals surface area contributed by atoms with Gasteiger partial charge >= 0.3 is 5.97 Å². The van der Waals surface area contributed by atoms with E-state index in [4.69, 9.17) is 14.0 Å². The minimum Gasteiger partial charge on any atom is -0.489 e. The molecule has 1 heterocycles. The second kappa shape index (κ2) is 8.84. The van der Waals surface area contributed by atoms with E-state index in [1.165, 1.54) is 6.92 Å². The first-order valence-electron chi connectivity index (χ1n) is 8.16. The van der Waals surface area contributed by atoms with Gasteiger partial charge in [0.1, 0.15) is 18.1 Å². The van der Waals surface area contributed by atoms with Gasteiger partial charge in [0, 0.05) is 6.54 Å². The lowest BCUT2D eigenvalue weighted by Crippen LogP contribution is -2.35. The quantitative estimate of drug-likeness (QED) is 0.576. The van der Waals surface area contributed by atoms with E-state index in [9.17, 15) is 9.59 Å². The van der Waals surface area contributed by atoms with Crippen LogP contribution in [0.5, 0.6) is 5.75 Å². The van der Waals surface area contributed by atoms with Crippen LogP contribution in [0.1, 0.15) is 34.3 Å². The van der Waals surface area contributed by atoms with Crippen LogP contribution in [-0.4, -0.2) is 29.7 Å². The fourth-order valence-corrected chi connectivity index (χ4v) is 2.17. The molecule has 26 heavy (non-hydrogen) atoms. The number of rotatable bonds is 8. The molecule has 0 aliphatic carbocycles. The van der Waals surface area contributed by atoms with Gasteiger partial charge in [-0.2, -0.15) is 0 Å². The van der Waals surface area contributed by atoms with E-state index in [-0.39, 0.29) is 12.5 Å². The minimum atomic E-state index is -0.908. The molecule has 1 aromatic carbocycles. The van der Waals surface area contributed by atoms with E-state index >= 15 is 0 Å². The Morgan fingerprint density at radius 1 is 1.38 bits per heavy atom. The molecule has 0 aliphatic heterocycles. The van der Waals surface area contributed by atoms with Gasteiger partial charge in [0.15, 0.2) is 6.10 Å². The molecule has 1 amide bonds. The van der Waals surface area contributed by atoms with Crippen LogP contribution in [0, 0.1) is 13.8 Å². The molecule has 2 aromatic rings. The van der Waals surface area contributed by atoms with Crippen molar-refractivity contribution in [2.24, 2.45) is 0 Å². The molecule has 0 saturated carbocycles. The summed E-state index contributed by atoms with van der Waals surface area (Å²) in [5, 5.41) is 6.44. The molecule has 0 radical (unpaired) electrons. The number of aryl methyl sites for hydroxylation is 2. The van der Waals surface area contributed by atoms with Gasteiger partial charge in [-0.1, -0.05) is 17.3 Å². The number of hydrogen-bond donors (Lipinski definition) is 1. The number of carbonyl (C=O) groups is 2. The van der Waals surface area contributed by atoms with Gasteiger partial charge in [0.25, 0.3) is 5.91 Å². The van der Waals surface area contributed by atoms with Crippen molar-refractivity contribution in [1.29, 1.82) is 0 Å². The first-order valence-corrected chi connectivity index (χ1v) is 8.16. The van der Waals surface area contributed by atoms with Crippen LogP contribution in [-0.2, 0) is 16.1 Å². The number of nitrogens with one attached hydrogen (secondary N) is 1. The van der Waals surface area contributed by atoms with E-state index in [0.29, 0.717) is 23.6 Å². The number of benzene rings is 1. The predicted molar refractivity (Wildman–Crippen MR) is 94.8 cm³/mol. The summed E-state index contributed by atoms with van der Waals surface area (Å²) in [4.78, 5) is 24.0. The molecule has 7 nitrogen and oxygen atoms in total. The second-order valence-corrected chi connectivity index (χ2v) is 5.70. The Bertz CT molecular complexity index is 777. The average molecular weight is 358 g/mol. The van der Waals surface area contributed by atoms with Gasteiger partial charge in [-0.15, -0.1) is 6.58 Å². The van der Waals surface area contributed by atoms with E-state index in [2.05, 4.69) is 17.1 Å². The smallest absolute Gasteiger partial charge is 0.339 e. The largest absolute Gasteiger partial charge is 0.489 e. The lowest BCUT2D eigenvalue weighted by Gasteiger charge is -2.13. The van der Waals surface area contributed by atoms with Gasteiger partial charge in [-0.25, -0.2) is 4.79 Å². The number of aromatic nitrogens is 1. The summed E-state index contributed by atoms with van der Waals surface area (Å²) in [6.07, 6.45) is 0.640. The highest BCUT2D eigenvalue weighted by Crippen LogP contribution is 2.19. The van der Waals surface area contributed by atoms with Crippen molar-refractivity contribution >= 4 is 11.9 Å². The predicted octanol–water partition coefficient (Wildman–Crippen LogP) is 2.72. The normalized spacial score (nSPS) is 11.5. The van der Waals surface area contributed by atoms with Crippen LogP contribution in [0.4, 0.5) is 0 Å². The zero-order chi connectivity index (χ0) is 19.1. The Morgan fingerprint density at radius 2 is 2.15 bits per heavy atom. The van der Waals surface area contributed by atoms with Crippen molar-refractivity contribution in [3.63, 3.8) is 0 Å². The third-order valence-electron chi connectivity index (χ3n) is 3.71. The van der Waals surface area contributed by atoms with Gasteiger partial charge < -0.3 is 19.3 Å². The number of carbonyl (C=O) groups excluding carboxylic acids is 2. The van der Waals surface area contributed by atoms with Gasteiger partial charge in [-0.3, -0.25) is 4.79 Å². The van der Waals surface area contributed by atoms with Gasteiger partial charge in [-0.05, 0) is 39.0 Å². The molecule has 0 saturated heterocycles. The number of amides is 1. The van der Waals surface area contributed by atoms with Gasteiger partial charge in [0.2, 0.25) is 0 Å². The summed E-state index contributed by atoms with van der Waals surface area (Å²) in [6.45, 7) is 9.25. The van der Waals surface area contributed by atoms with E-state index in [1.807, 2.05) is 13.8 Å². The van der Waals surface area contributed by atoms with Crippen LogP contribution in [0.2, 0.25) is 0 Å². The Kier molecular flexibility index (Phi) is 6.54. The van der Waals surface area contributed by atoms with Crippen LogP contribution in [0.15, 0.2) is 41.4 Å². The maximum absolute atomic E-state index is 12.2. The van der Waals surface area contributed by atoms with E-state index < -0.39 is 12.1 Å². The summed E-state index contributed by atoms with van der Waals surface area (Å²) >= 11 is 0. The summed E-state index contributed by atoms with van der Waals surface area (Å²) in [6, 6.07) is 6.57. The second-order valence-electron chi connectivity index (χ2n) is 5.70. The fourth-order valence-electron chi connectivity index (χ4n) is 2.17. The topological polar surface area (TPSA) is 90.7 Å². The molecular formula is C19H22N2O5. The van der Waals surface area contributed by atoms with Crippen molar-refractivity contribution in [2.45, 2.75) is 33.5 Å². The number of hydrogen-bond acceptors (Lipinski definition) is 6. The first-order chi connectivity index (χ1) is 12.4. The average Bonchev–Trinajstić information content (AvgIpc) is 2.95. The maximum Gasteiger partial charge on any atom is 0.339 e. The van der Waals surface area contributed by atoms with Crippen LogP contribution in [0.25, 0.3) is 0 Å². The van der Waals surface area contributed by atoms with Crippen molar-refractivity contribution in [3.05, 3.63) is 59.5 Å². The fraction of sp³-hybridized carbons (Fsp3) is 0.316. The standard InChI is InChI=1S/C19H22N2O5/c1-5-9-20-18(22)14(4)25-19(23)15-7-6-8-16(10-15)24-11-17-12(2)21-26-13(17)3/h5-8,10,14H,1,9,11H2,2-4H3,(H,20,22)/t14-/m0/s1. The molecule has 0 bridgehead atoms. The molecule has 1 N–H and O–H groups in total. The lowest BCUT2D eigenvalue weighted by atomic mass is 10.2. The van der Waals surface area contributed by atoms with Crippen LogP contribution < -0.4 is 10.1 Å². The Hall–Kier alpha value is -3.09. The van der Waals surface area contributed by atoms with Gasteiger partial charge in [0.05, 0.1) is 16.8 Å². The Morgan fingerprint density at radius 3 is 2.81 bits per heavy atom. The van der Waals surface area contributed by atoms with Crippen LogP contribution in [0.3, 0.4) is 0 Å². The molecule has 1 aromatic heterocycles. The molecular weight excluding hydrogens is 336 g/mol. The molecule has 0 unspecified atom stereocenters. The van der Waals surface area contributed by atoms with Crippen molar-refractivity contribution in [2.75, 3.05) is 6.54 Å². The summed E-state index contributed by atoms with van der Waals surface area (Å²) in [5.41, 5.74) is 1.92. The monoisotopic (exact) mass is 358 g/mol. The van der Waals surface area contributed by atoms with E-state index in [1.54, 1.807) is 30.3 Å². The number of ether oxygens (including phenoxy) is 2. The molecule has 0 aliphatic rings. The van der Waals surface area contributed by atoms with Crippen LogP contribution >= 0.6 is 0 Å². The van der Waals surface area contributed by atoms with Crippen molar-refractivity contribution in [1.82, 2.24) is 10.5 Å². The maximum atomic E-state index is 12.2. The van der Waals surface area contributed by atoms with Crippen molar-refractivity contribution < 1.29 is 23.6 Å². The molecule has 0 spiro atoms. The third kappa shape index (κ3) is 4.95. The third-order valence-corrected chi connectivity index (χ3v) is 3.71. The molecule has 138 valence electrons. The summed E-state index contributed by atoms with van der Waals surface area (Å²) < 4.78 is 16.0. The SMILES string of the molecule is C=CCNC(=O)[C@H](C)OC(=O)c1cccc(OCc2c(C)noc2C)c1. The first kappa shape index (κ1) is 19.2. The highest BCUT2D eigenvalue weighted by molar-refractivity contribution is 5.92. The molecule has 1 atom stereocenters. The summed E-state index contributed by atoms with van der Waals surface area (Å²) in [5.74, 6) is 0.207. The zero-order valence-corrected chi connectivity index (χ0v) is 15.1. The minimum absolute atomic E-state index is 0.278. The summed E-state index contributed by atoms with van der Waals surface area (Å²) in [7, 11) is 0. The lowest BCUT2D eigenvalue weighted by molar-refractivity contribution is -0.128. The Balaban J connectivity index is 1.98. The zero-order valence-electron chi connectivity index (χ0n) is 15.1. The van der Waals surface area contributed by atoms with Crippen molar-refractivity contribution in [3.8, 4) is 5.75 Å². The highest BCUT2D eigenvalue weighted by atomic mass is 16.5. The number of esters is 1. The number of nitrogens with zero attached hydrogens (tertiary/aromatic N) is 1.